The number of aryl methyl sites for hydroxylation is 1. The molecule has 0 saturated heterocycles. The van der Waals surface area contributed by atoms with Gasteiger partial charge in [0.05, 0.1) is 6.04 Å². The molecule has 31 heavy (non-hydrogen) atoms. The maximum absolute atomic E-state index is 13.8. The summed E-state index contributed by atoms with van der Waals surface area (Å²) >= 11 is 6.33. The number of fused-ring (bicyclic) bond motifs is 1. The van der Waals surface area contributed by atoms with E-state index in [4.69, 9.17) is 11.6 Å². The summed E-state index contributed by atoms with van der Waals surface area (Å²) in [5.74, 6) is -0.683. The van der Waals surface area contributed by atoms with Gasteiger partial charge in [-0.2, -0.15) is 18.3 Å². The Balaban J connectivity index is 1.64. The van der Waals surface area contributed by atoms with Crippen LogP contribution in [0.3, 0.4) is 0 Å². The van der Waals surface area contributed by atoms with Crippen LogP contribution >= 0.6 is 11.6 Å². The van der Waals surface area contributed by atoms with E-state index in [0.717, 1.165) is 15.8 Å². The molecule has 162 valence electrons. The fourth-order valence-electron chi connectivity index (χ4n) is 3.52. The first-order chi connectivity index (χ1) is 14.7. The van der Waals surface area contributed by atoms with Crippen molar-refractivity contribution in [3.05, 3.63) is 76.2 Å². The topological polar surface area (TPSA) is 71.8 Å². The zero-order chi connectivity index (χ0) is 22.2. The first-order valence-electron chi connectivity index (χ1n) is 9.59. The zero-order valence-electron chi connectivity index (χ0n) is 16.4. The second kappa shape index (κ2) is 8.22. The molecule has 1 aromatic carbocycles. The zero-order valence-corrected chi connectivity index (χ0v) is 17.2. The molecule has 2 atom stereocenters. The summed E-state index contributed by atoms with van der Waals surface area (Å²) in [5.41, 5.74) is 2.18. The van der Waals surface area contributed by atoms with Gasteiger partial charge in [-0.05, 0) is 24.1 Å². The number of anilines is 1. The minimum atomic E-state index is -4.56. The van der Waals surface area contributed by atoms with Crippen LogP contribution in [0.25, 0.3) is 0 Å². The number of hydrogen-bond acceptors (Lipinski definition) is 4. The van der Waals surface area contributed by atoms with E-state index >= 15 is 0 Å². The molecule has 2 aromatic heterocycles. The van der Waals surface area contributed by atoms with Gasteiger partial charge in [-0.15, -0.1) is 0 Å². The molecule has 10 heteroatoms. The van der Waals surface area contributed by atoms with Crippen LogP contribution in [-0.4, -0.2) is 26.8 Å². The quantitative estimate of drug-likeness (QED) is 0.598. The molecule has 0 saturated carbocycles. The van der Waals surface area contributed by atoms with Crippen LogP contribution < -0.4 is 10.6 Å². The number of rotatable bonds is 4. The molecule has 6 nitrogen and oxygen atoms in total. The first-order valence-corrected chi connectivity index (χ1v) is 9.96. The third-order valence-corrected chi connectivity index (χ3v) is 5.52. The molecule has 4 rings (SSSR count). The highest BCUT2D eigenvalue weighted by Crippen LogP contribution is 2.46. The van der Waals surface area contributed by atoms with Gasteiger partial charge in [0.1, 0.15) is 10.8 Å². The standard InChI is InChI=1S/C21H19ClF3N5O/c1-12-4-6-14(7-5-12)15-9-16(21(23,24)25)30-19(28-15)17(22)18(29-30)20(31)27-11-13-3-2-8-26-10-13/h2-8,10,15-16,28H,9,11H2,1H3,(H,27,31)/t15-,16+/m1/s1. The maximum atomic E-state index is 13.8. The summed E-state index contributed by atoms with van der Waals surface area (Å²) in [6, 6.07) is 8.18. The van der Waals surface area contributed by atoms with Crippen LogP contribution in [0.2, 0.25) is 5.02 Å². The summed E-state index contributed by atoms with van der Waals surface area (Å²) in [4.78, 5) is 16.6. The predicted octanol–water partition coefficient (Wildman–Crippen LogP) is 4.83. The largest absolute Gasteiger partial charge is 0.410 e. The van der Waals surface area contributed by atoms with E-state index in [1.54, 1.807) is 36.7 Å². The van der Waals surface area contributed by atoms with Crippen molar-refractivity contribution in [1.82, 2.24) is 20.1 Å². The smallest absolute Gasteiger partial charge is 0.362 e. The van der Waals surface area contributed by atoms with Gasteiger partial charge >= 0.3 is 6.18 Å². The van der Waals surface area contributed by atoms with Crippen molar-refractivity contribution in [3.63, 3.8) is 0 Å². The molecular formula is C21H19ClF3N5O. The molecule has 0 bridgehead atoms. The van der Waals surface area contributed by atoms with Gasteiger partial charge in [0.15, 0.2) is 11.7 Å². The number of pyridine rings is 1. The van der Waals surface area contributed by atoms with Crippen LogP contribution in [-0.2, 0) is 6.54 Å². The molecular weight excluding hydrogens is 431 g/mol. The Labute approximate surface area is 181 Å². The van der Waals surface area contributed by atoms with Crippen LogP contribution in [0.15, 0.2) is 48.8 Å². The van der Waals surface area contributed by atoms with Gasteiger partial charge < -0.3 is 10.6 Å². The summed E-state index contributed by atoms with van der Waals surface area (Å²) in [7, 11) is 0. The highest BCUT2D eigenvalue weighted by Gasteiger charge is 2.47. The van der Waals surface area contributed by atoms with Gasteiger partial charge in [0.2, 0.25) is 0 Å². The van der Waals surface area contributed by atoms with Gasteiger partial charge in [-0.3, -0.25) is 9.78 Å². The van der Waals surface area contributed by atoms with Crippen LogP contribution in [0.4, 0.5) is 19.0 Å². The molecule has 1 amide bonds. The Morgan fingerprint density at radius 3 is 2.68 bits per heavy atom. The van der Waals surface area contributed by atoms with Crippen LogP contribution in [0, 0.1) is 6.92 Å². The first kappa shape index (κ1) is 21.2. The Morgan fingerprint density at radius 1 is 1.29 bits per heavy atom. The summed E-state index contributed by atoms with van der Waals surface area (Å²) in [6.45, 7) is 2.05. The Kier molecular flexibility index (Phi) is 5.62. The van der Waals surface area contributed by atoms with Crippen LogP contribution in [0.1, 0.15) is 45.7 Å². The van der Waals surface area contributed by atoms with Gasteiger partial charge in [-0.1, -0.05) is 47.5 Å². The van der Waals surface area contributed by atoms with E-state index < -0.39 is 24.2 Å². The lowest BCUT2D eigenvalue weighted by atomic mass is 9.96. The number of hydrogen-bond donors (Lipinski definition) is 2. The third-order valence-electron chi connectivity index (χ3n) is 5.17. The Morgan fingerprint density at radius 2 is 2.03 bits per heavy atom. The minimum absolute atomic E-state index is 0.0210. The van der Waals surface area contributed by atoms with Crippen molar-refractivity contribution in [3.8, 4) is 0 Å². The summed E-state index contributed by atoms with van der Waals surface area (Å²) in [5, 5.41) is 9.43. The van der Waals surface area contributed by atoms with E-state index in [1.807, 2.05) is 19.1 Å². The van der Waals surface area contributed by atoms with E-state index in [0.29, 0.717) is 5.56 Å². The van der Waals surface area contributed by atoms with Crippen molar-refractivity contribution in [2.75, 3.05) is 5.32 Å². The molecule has 3 heterocycles. The lowest BCUT2D eigenvalue weighted by molar-refractivity contribution is -0.173. The molecule has 3 aromatic rings. The van der Waals surface area contributed by atoms with Crippen LogP contribution in [0.5, 0.6) is 0 Å². The highest BCUT2D eigenvalue weighted by atomic mass is 35.5. The van der Waals surface area contributed by atoms with E-state index in [1.165, 1.54) is 0 Å². The number of amides is 1. The normalized spacial score (nSPS) is 18.2. The lowest BCUT2D eigenvalue weighted by Crippen LogP contribution is -2.35. The number of benzene rings is 1. The summed E-state index contributed by atoms with van der Waals surface area (Å²) < 4.78 is 42.3. The number of carbonyl (C=O) groups is 1. The van der Waals surface area contributed by atoms with Crippen molar-refractivity contribution in [2.45, 2.75) is 38.1 Å². The predicted molar refractivity (Wildman–Crippen MR) is 110 cm³/mol. The number of aromatic nitrogens is 3. The average molecular weight is 450 g/mol. The van der Waals surface area contributed by atoms with Gasteiger partial charge in [0, 0.05) is 25.4 Å². The number of nitrogens with one attached hydrogen (secondary N) is 2. The van der Waals surface area contributed by atoms with Crippen molar-refractivity contribution in [2.24, 2.45) is 0 Å². The third kappa shape index (κ3) is 4.36. The molecule has 2 N–H and O–H groups in total. The molecule has 0 unspecified atom stereocenters. The van der Waals surface area contributed by atoms with E-state index in [2.05, 4.69) is 20.7 Å². The average Bonchev–Trinajstić information content (AvgIpc) is 3.08. The SMILES string of the molecule is Cc1ccc([C@H]2C[C@@H](C(F)(F)F)n3nc(C(=O)NCc4cccnc4)c(Cl)c3N2)cc1. The van der Waals surface area contributed by atoms with Crippen molar-refractivity contribution >= 4 is 23.3 Å². The number of carbonyl (C=O) groups excluding carboxylic acids is 1. The maximum Gasteiger partial charge on any atom is 0.410 e. The monoisotopic (exact) mass is 449 g/mol. The van der Waals surface area contributed by atoms with Gasteiger partial charge in [0.25, 0.3) is 5.91 Å². The molecule has 0 spiro atoms. The summed E-state index contributed by atoms with van der Waals surface area (Å²) in [6.07, 6.45) is -1.65. The van der Waals surface area contributed by atoms with Crippen molar-refractivity contribution in [1.29, 1.82) is 0 Å². The second-order valence-corrected chi connectivity index (χ2v) is 7.78. The van der Waals surface area contributed by atoms with E-state index in [-0.39, 0.29) is 29.5 Å². The fraction of sp³-hybridized carbons (Fsp3) is 0.286. The highest BCUT2D eigenvalue weighted by molar-refractivity contribution is 6.36. The van der Waals surface area contributed by atoms with Gasteiger partial charge in [-0.25, -0.2) is 4.68 Å². The number of alkyl halides is 3. The second-order valence-electron chi connectivity index (χ2n) is 7.40. The molecule has 0 aliphatic carbocycles. The molecule has 1 aliphatic heterocycles. The molecule has 0 fully saturated rings. The molecule has 1 aliphatic rings. The Hall–Kier alpha value is -3.07. The Bertz CT molecular complexity index is 1080. The minimum Gasteiger partial charge on any atom is -0.362 e. The molecule has 0 radical (unpaired) electrons. The fourth-order valence-corrected chi connectivity index (χ4v) is 3.79. The lowest BCUT2D eigenvalue weighted by Gasteiger charge is -2.33. The number of nitrogens with zero attached hydrogens (tertiary/aromatic N) is 3. The van der Waals surface area contributed by atoms with Crippen molar-refractivity contribution < 1.29 is 18.0 Å². The number of halogens is 4. The van der Waals surface area contributed by atoms with E-state index in [9.17, 15) is 18.0 Å².